The predicted molar refractivity (Wildman–Crippen MR) is 623 cm³/mol. The van der Waals surface area contributed by atoms with E-state index in [0.29, 0.717) is 0 Å². The zero-order valence-corrected chi connectivity index (χ0v) is 85.0. The lowest BCUT2D eigenvalue weighted by atomic mass is 9.80. The van der Waals surface area contributed by atoms with Crippen molar-refractivity contribution in [3.8, 4) is 178 Å². The molecule has 0 spiro atoms. The molecule has 4 aliphatic carbocycles. The van der Waals surface area contributed by atoms with Crippen LogP contribution in [0.4, 0.5) is 0 Å². The van der Waals surface area contributed by atoms with Crippen LogP contribution in [0.15, 0.2) is 388 Å². The second-order valence-corrected chi connectivity index (χ2v) is 41.6. The van der Waals surface area contributed by atoms with Crippen molar-refractivity contribution in [1.82, 2.24) is 0 Å². The third-order valence-electron chi connectivity index (χ3n) is 32.1. The third-order valence-corrected chi connectivity index (χ3v) is 32.1. The van der Waals surface area contributed by atoms with Crippen LogP contribution in [0.3, 0.4) is 0 Å². The van der Waals surface area contributed by atoms with Gasteiger partial charge in [0.05, 0.1) is 0 Å². The Morgan fingerprint density at radius 3 is 0.500 bits per heavy atom. The summed E-state index contributed by atoms with van der Waals surface area (Å²) in [6.45, 7) is 35.4. The number of hydrogen-bond acceptors (Lipinski definition) is 0. The number of rotatable bonds is 8. The molecule has 0 saturated carbocycles. The van der Waals surface area contributed by atoms with Crippen molar-refractivity contribution < 1.29 is 0 Å². The number of aryl methyl sites for hydroxylation is 16. The van der Waals surface area contributed by atoms with Crippen LogP contribution in [0.1, 0.15) is 89.0 Å². The van der Waals surface area contributed by atoms with E-state index in [4.69, 9.17) is 0 Å². The summed E-state index contributed by atoms with van der Waals surface area (Å²) in [5.74, 6) is 0. The van der Waals surface area contributed by atoms with Gasteiger partial charge in [-0.1, -0.05) is 433 Å². The van der Waals surface area contributed by atoms with E-state index in [1.807, 2.05) is 0 Å². The van der Waals surface area contributed by atoms with Gasteiger partial charge in [-0.15, -0.1) is 0 Å². The first-order valence-electron chi connectivity index (χ1n) is 51.2. The lowest BCUT2D eigenvalue weighted by Crippen LogP contribution is -1.96. The monoisotopic (exact) mass is 1840 g/mol. The Morgan fingerprint density at radius 2 is 0.271 bits per heavy atom. The first-order chi connectivity index (χ1) is 70.1. The molecule has 28 rings (SSSR count). The zero-order chi connectivity index (χ0) is 98.2. The Balaban J connectivity index is 0.000000101. The molecular weight excluding hydrogens is 1730 g/mol. The minimum atomic E-state index is 1.28. The van der Waals surface area contributed by atoms with Gasteiger partial charge in [-0.25, -0.2) is 0 Å². The standard InChI is InChI=1S/4C36H28/c1-21-16-18-28-31(20-21)34(27-13-8-6-11-23(27)3)35-29-15-9-14-25-24(4)17-19-30(32(25)29)36(35)33(28)26-12-7-5-10-22(26)2;1-21-16-18-28-31(20-21)34(27-13-8-6-11-23(27)3)36-30-19-17-24(4)25-14-9-15-29(32(25)30)35(36)33(28)26-12-7-5-10-22(26)2;1-21-8-14-25(15-9-21)32-28-18-12-23(3)20-31(28)33(26-16-10-22(2)11-17-26)35-29-7-5-6-27-24(4)13-19-30(34(27)29)36(32)35;1-21-8-14-25(15-9-21)32-28-18-12-23(3)20-31(28)33(26-16-10-22(2)11-17-26)36-30-19-13-24(4)27-6-5-7-29(34(27)30)35(32)36/h4*5-20H,1-4H3. The lowest BCUT2D eigenvalue weighted by molar-refractivity contribution is 1.45. The van der Waals surface area contributed by atoms with Crippen LogP contribution in [0.2, 0.25) is 0 Å². The second-order valence-electron chi connectivity index (χ2n) is 41.6. The highest BCUT2D eigenvalue weighted by Gasteiger charge is 2.38. The molecule has 0 unspecified atom stereocenters. The maximum atomic E-state index is 2.40. The van der Waals surface area contributed by atoms with E-state index in [1.54, 1.807) is 0 Å². The molecule has 0 aliphatic heterocycles. The van der Waals surface area contributed by atoms with Gasteiger partial charge in [0.25, 0.3) is 0 Å². The van der Waals surface area contributed by atoms with Crippen LogP contribution in [0.25, 0.3) is 264 Å². The summed E-state index contributed by atoms with van der Waals surface area (Å²) in [7, 11) is 0. The van der Waals surface area contributed by atoms with E-state index in [1.165, 1.54) is 353 Å². The van der Waals surface area contributed by atoms with Gasteiger partial charge in [0.15, 0.2) is 0 Å². The van der Waals surface area contributed by atoms with Gasteiger partial charge >= 0.3 is 0 Å². The van der Waals surface area contributed by atoms with Gasteiger partial charge in [0.2, 0.25) is 0 Å². The molecule has 0 bridgehead atoms. The summed E-state index contributed by atoms with van der Waals surface area (Å²) < 4.78 is 0. The fourth-order valence-corrected chi connectivity index (χ4v) is 25.1. The van der Waals surface area contributed by atoms with Gasteiger partial charge in [-0.05, 0) is 419 Å². The van der Waals surface area contributed by atoms with Crippen molar-refractivity contribution in [2.75, 3.05) is 0 Å². The van der Waals surface area contributed by atoms with Crippen molar-refractivity contribution in [2.24, 2.45) is 0 Å². The zero-order valence-electron chi connectivity index (χ0n) is 85.0. The molecule has 0 radical (unpaired) electrons. The smallest absolute Gasteiger partial charge is 0.000731 e. The molecule has 0 heteroatoms. The van der Waals surface area contributed by atoms with Crippen LogP contribution in [0.5, 0.6) is 0 Å². The van der Waals surface area contributed by atoms with Gasteiger partial charge in [-0.3, -0.25) is 0 Å². The second kappa shape index (κ2) is 34.7. The minimum absolute atomic E-state index is 1.28. The fourth-order valence-electron chi connectivity index (χ4n) is 25.1. The number of hydrogen-bond donors (Lipinski definition) is 0. The van der Waals surface area contributed by atoms with Gasteiger partial charge in [0, 0.05) is 0 Å². The molecule has 4 aliphatic rings. The quantitative estimate of drug-likeness (QED) is 0.142. The molecule has 0 heterocycles. The van der Waals surface area contributed by atoms with Crippen LogP contribution < -0.4 is 0 Å². The summed E-state index contributed by atoms with van der Waals surface area (Å²) in [5.41, 5.74) is 64.0. The van der Waals surface area contributed by atoms with Crippen molar-refractivity contribution in [3.63, 3.8) is 0 Å². The predicted octanol–water partition coefficient (Wildman–Crippen LogP) is 40.8. The Kier molecular flexibility index (Phi) is 21.4. The Bertz CT molecular complexity index is 9160. The summed E-state index contributed by atoms with van der Waals surface area (Å²) in [6, 6.07) is 146. The van der Waals surface area contributed by atoms with E-state index >= 15 is 0 Å². The molecule has 0 atom stereocenters. The van der Waals surface area contributed by atoms with Crippen LogP contribution >= 0.6 is 0 Å². The van der Waals surface area contributed by atoms with Crippen molar-refractivity contribution in [3.05, 3.63) is 477 Å². The molecule has 0 saturated heterocycles. The van der Waals surface area contributed by atoms with Crippen molar-refractivity contribution >= 4 is 86.2 Å². The van der Waals surface area contributed by atoms with E-state index in [2.05, 4.69) is 499 Å². The first kappa shape index (κ1) is 88.8. The topological polar surface area (TPSA) is 0 Å². The van der Waals surface area contributed by atoms with Crippen LogP contribution in [-0.2, 0) is 0 Å². The van der Waals surface area contributed by atoms with E-state index in [9.17, 15) is 0 Å². The lowest BCUT2D eigenvalue weighted by Gasteiger charge is -2.22. The Hall–Kier alpha value is -16.6. The SMILES string of the molecule is Cc1ccc(-c2c3c(c(-c4ccc(C)cc4)c4cc(C)ccc24)-c2ccc(C)c4cccc-3c24)cc1.Cc1ccc(-c2c3c(c(-c4ccc(C)cc4)c4cc(C)ccc24)-c2cccc4c(C)ccc-3c24)cc1.Cc1ccc2c(-c3ccccc3C)c3c(c(-c4ccccc4C)c2c1)-c1ccc(C)c2cccc-3c12.Cc1ccc2c(-c3ccccc3C)c3c(c(-c4ccccc4C)c2c1)-c1cccc2c(C)ccc-3c12. The Morgan fingerprint density at radius 1 is 0.0972 bits per heavy atom. The molecule has 688 valence electrons. The van der Waals surface area contributed by atoms with Gasteiger partial charge < -0.3 is 0 Å². The van der Waals surface area contributed by atoms with Crippen LogP contribution in [0, 0.1) is 111 Å². The van der Waals surface area contributed by atoms with Crippen LogP contribution in [-0.4, -0.2) is 0 Å². The molecule has 0 fully saturated rings. The Labute approximate surface area is 846 Å². The van der Waals surface area contributed by atoms with Gasteiger partial charge in [-0.2, -0.15) is 0 Å². The number of benzene rings is 24. The van der Waals surface area contributed by atoms with Crippen molar-refractivity contribution in [2.45, 2.75) is 111 Å². The van der Waals surface area contributed by atoms with E-state index in [-0.39, 0.29) is 0 Å². The van der Waals surface area contributed by atoms with Crippen molar-refractivity contribution in [1.29, 1.82) is 0 Å². The average molecular weight is 1840 g/mol. The highest BCUT2D eigenvalue weighted by molar-refractivity contribution is 6.33. The molecule has 24 aromatic rings. The molecule has 0 aromatic heterocycles. The maximum Gasteiger partial charge on any atom is -0.000731 e. The fraction of sp³-hybridized carbons (Fsp3) is 0.111. The summed E-state index contributed by atoms with van der Waals surface area (Å²) in [5, 5.41) is 21.6. The highest BCUT2D eigenvalue weighted by Crippen LogP contribution is 2.65. The molecule has 24 aromatic carbocycles. The normalized spacial score (nSPS) is 11.9. The first-order valence-corrected chi connectivity index (χ1v) is 51.2. The van der Waals surface area contributed by atoms with E-state index < -0.39 is 0 Å². The summed E-state index contributed by atoms with van der Waals surface area (Å²) in [4.78, 5) is 0. The van der Waals surface area contributed by atoms with E-state index in [0.717, 1.165) is 0 Å². The largest absolute Gasteiger partial charge is 0.0620 e. The third kappa shape index (κ3) is 14.1. The maximum absolute atomic E-state index is 2.40. The minimum Gasteiger partial charge on any atom is -0.0620 e. The molecule has 0 nitrogen and oxygen atoms in total. The molecule has 144 heavy (non-hydrogen) atoms. The molecule has 0 amide bonds. The summed E-state index contributed by atoms with van der Waals surface area (Å²) >= 11 is 0. The van der Waals surface area contributed by atoms with Gasteiger partial charge in [0.1, 0.15) is 0 Å². The molecular formula is C144H112. The highest BCUT2D eigenvalue weighted by atomic mass is 14.4. The number of fused-ring (bicyclic) bond motifs is 16. The average Bonchev–Trinajstić information content (AvgIpc) is 1.52. The summed E-state index contributed by atoms with van der Waals surface area (Å²) in [6.07, 6.45) is 0. The molecule has 0 N–H and O–H groups in total.